The van der Waals surface area contributed by atoms with Gasteiger partial charge in [-0.2, -0.15) is 0 Å². The molecule has 1 aromatic rings. The van der Waals surface area contributed by atoms with Crippen LogP contribution in [0, 0.1) is 12.8 Å². The molecule has 2 aliphatic rings. The first kappa shape index (κ1) is 26.2. The molecule has 0 spiro atoms. The number of aryl methyl sites for hydroxylation is 1. The number of likely N-dealkylation sites (N-methyl/N-ethyl adjacent to an activating group) is 2. The van der Waals surface area contributed by atoms with E-state index in [2.05, 4.69) is 66.6 Å². The molecule has 0 aromatic heterocycles. The lowest BCUT2D eigenvalue weighted by Gasteiger charge is -2.37. The quantitative estimate of drug-likeness (QED) is 0.297. The van der Waals surface area contributed by atoms with Crippen LogP contribution in [0.3, 0.4) is 0 Å². The molecule has 0 aliphatic carbocycles. The Hall–Kier alpha value is -1.10. The third kappa shape index (κ3) is 8.40. The van der Waals surface area contributed by atoms with Crippen LogP contribution >= 0.6 is 24.0 Å². The monoisotopic (exact) mass is 545 g/mol. The summed E-state index contributed by atoms with van der Waals surface area (Å²) in [4.78, 5) is 9.66. The number of nitrogens with one attached hydrogen (secondary N) is 2. The average molecular weight is 546 g/mol. The number of ether oxygens (including phenoxy) is 2. The maximum absolute atomic E-state index is 6.17. The van der Waals surface area contributed by atoms with Crippen LogP contribution in [-0.4, -0.2) is 88.4 Å². The van der Waals surface area contributed by atoms with E-state index < -0.39 is 0 Å². The molecule has 0 saturated carbocycles. The Balaban J connectivity index is 0.00000341. The van der Waals surface area contributed by atoms with Gasteiger partial charge in [0.25, 0.3) is 0 Å². The normalized spacial score (nSPS) is 22.8. The van der Waals surface area contributed by atoms with E-state index >= 15 is 0 Å². The number of nitrogens with zero attached hydrogens (tertiary/aromatic N) is 3. The van der Waals surface area contributed by atoms with Gasteiger partial charge in [0.05, 0.1) is 19.8 Å². The van der Waals surface area contributed by atoms with E-state index in [9.17, 15) is 0 Å². The first-order valence-electron chi connectivity index (χ1n) is 11.3. The fourth-order valence-corrected chi connectivity index (χ4v) is 3.89. The van der Waals surface area contributed by atoms with Crippen molar-refractivity contribution >= 4 is 29.9 Å². The first-order valence-corrected chi connectivity index (χ1v) is 11.3. The molecule has 2 heterocycles. The number of aliphatic imine (C=N–C) groups is 1. The van der Waals surface area contributed by atoms with E-state index in [4.69, 9.17) is 14.5 Å². The van der Waals surface area contributed by atoms with Crippen molar-refractivity contribution < 1.29 is 9.47 Å². The number of hydrogen-bond acceptors (Lipinski definition) is 5. The highest BCUT2D eigenvalue weighted by Gasteiger charge is 2.22. The van der Waals surface area contributed by atoms with Crippen LogP contribution in [0.1, 0.15) is 24.5 Å². The van der Waals surface area contributed by atoms with Gasteiger partial charge in [0.1, 0.15) is 5.75 Å². The van der Waals surface area contributed by atoms with Crippen LogP contribution < -0.4 is 15.4 Å². The van der Waals surface area contributed by atoms with Gasteiger partial charge in [0.2, 0.25) is 0 Å². The number of hydrogen-bond donors (Lipinski definition) is 2. The fraction of sp³-hybridized carbons (Fsp3) is 0.696. The molecule has 0 radical (unpaired) electrons. The molecule has 1 aromatic carbocycles. The highest BCUT2D eigenvalue weighted by Crippen LogP contribution is 2.23. The summed E-state index contributed by atoms with van der Waals surface area (Å²) >= 11 is 0. The minimum absolute atomic E-state index is 0. The van der Waals surface area contributed by atoms with Gasteiger partial charge in [-0.15, -0.1) is 24.0 Å². The Morgan fingerprint density at radius 2 is 2.10 bits per heavy atom. The number of benzene rings is 1. The van der Waals surface area contributed by atoms with E-state index in [0.717, 1.165) is 69.6 Å². The maximum Gasteiger partial charge on any atom is 0.191 e. The van der Waals surface area contributed by atoms with E-state index in [1.165, 1.54) is 5.56 Å². The van der Waals surface area contributed by atoms with Crippen molar-refractivity contribution in [2.75, 3.05) is 66.6 Å². The Labute approximate surface area is 205 Å². The summed E-state index contributed by atoms with van der Waals surface area (Å²) in [5.41, 5.74) is 2.32. The Kier molecular flexibility index (Phi) is 11.3. The van der Waals surface area contributed by atoms with E-state index in [1.807, 2.05) is 0 Å². The third-order valence-electron chi connectivity index (χ3n) is 5.96. The third-order valence-corrected chi connectivity index (χ3v) is 5.96. The Morgan fingerprint density at radius 1 is 1.26 bits per heavy atom. The van der Waals surface area contributed by atoms with Crippen LogP contribution in [0.5, 0.6) is 5.75 Å². The van der Waals surface area contributed by atoms with Gasteiger partial charge < -0.3 is 25.0 Å². The lowest BCUT2D eigenvalue weighted by Crippen LogP contribution is -2.55. The van der Waals surface area contributed by atoms with Crippen LogP contribution in [0.25, 0.3) is 0 Å². The molecule has 7 nitrogen and oxygen atoms in total. The molecular formula is C23H40IN5O2. The van der Waals surface area contributed by atoms with Crippen molar-refractivity contribution in [2.45, 2.75) is 32.9 Å². The molecule has 31 heavy (non-hydrogen) atoms. The topological polar surface area (TPSA) is 61.4 Å². The smallest absolute Gasteiger partial charge is 0.191 e. The lowest BCUT2D eigenvalue weighted by atomic mass is 10.1. The summed E-state index contributed by atoms with van der Waals surface area (Å²) in [6, 6.07) is 6.86. The van der Waals surface area contributed by atoms with Crippen molar-refractivity contribution in [3.63, 3.8) is 0 Å². The summed E-state index contributed by atoms with van der Waals surface area (Å²) in [5.74, 6) is 2.29. The molecule has 3 rings (SSSR count). The number of halogens is 1. The van der Waals surface area contributed by atoms with Gasteiger partial charge >= 0.3 is 0 Å². The van der Waals surface area contributed by atoms with E-state index in [1.54, 1.807) is 0 Å². The molecule has 2 aliphatic heterocycles. The maximum atomic E-state index is 6.17. The van der Waals surface area contributed by atoms with Crippen LogP contribution in [-0.2, 0) is 11.3 Å². The number of rotatable bonds is 8. The van der Waals surface area contributed by atoms with Crippen LogP contribution in [0.2, 0.25) is 0 Å². The molecular weight excluding hydrogens is 505 g/mol. The zero-order valence-electron chi connectivity index (χ0n) is 19.5. The highest BCUT2D eigenvalue weighted by molar-refractivity contribution is 14.0. The highest BCUT2D eigenvalue weighted by atomic mass is 127. The van der Waals surface area contributed by atoms with Crippen molar-refractivity contribution in [3.05, 3.63) is 29.3 Å². The fourth-order valence-electron chi connectivity index (χ4n) is 3.89. The van der Waals surface area contributed by atoms with Crippen molar-refractivity contribution in [1.82, 2.24) is 20.4 Å². The Morgan fingerprint density at radius 3 is 2.84 bits per heavy atom. The minimum atomic E-state index is 0. The van der Waals surface area contributed by atoms with Crippen LogP contribution in [0.15, 0.2) is 23.2 Å². The summed E-state index contributed by atoms with van der Waals surface area (Å²) in [5, 5.41) is 6.91. The second-order valence-electron chi connectivity index (χ2n) is 8.62. The summed E-state index contributed by atoms with van der Waals surface area (Å²) in [6.07, 6.45) is 1.08. The minimum Gasteiger partial charge on any atom is -0.493 e. The predicted molar refractivity (Wildman–Crippen MR) is 138 cm³/mol. The van der Waals surface area contributed by atoms with E-state index in [-0.39, 0.29) is 24.0 Å². The molecule has 8 heteroatoms. The van der Waals surface area contributed by atoms with Gasteiger partial charge in [-0.25, -0.2) is 4.99 Å². The molecule has 0 amide bonds. The van der Waals surface area contributed by atoms with Gasteiger partial charge in [-0.05, 0) is 46.0 Å². The van der Waals surface area contributed by atoms with Gasteiger partial charge in [-0.3, -0.25) is 4.90 Å². The summed E-state index contributed by atoms with van der Waals surface area (Å²) in [7, 11) is 4.39. The second kappa shape index (κ2) is 13.4. The van der Waals surface area contributed by atoms with Gasteiger partial charge in [-0.1, -0.05) is 12.1 Å². The molecule has 2 atom stereocenters. The molecule has 2 saturated heterocycles. The standard InChI is InChI=1S/C23H39N5O2.HI/c1-5-24-23(26-14-21-15-27(3)9-10-28(21)4)25-13-20-7-6-18(2)12-22(20)30-17-19-8-11-29-16-19;/h6-7,12,19,21H,5,8-11,13-17H2,1-4H3,(H2,24,25,26);1H. The lowest BCUT2D eigenvalue weighted by molar-refractivity contribution is 0.116. The van der Waals surface area contributed by atoms with Crippen molar-refractivity contribution in [1.29, 1.82) is 0 Å². The second-order valence-corrected chi connectivity index (χ2v) is 8.62. The SMILES string of the molecule is CCNC(=NCc1ccc(C)cc1OCC1CCOC1)NCC1CN(C)CCN1C.I. The van der Waals surface area contributed by atoms with Crippen LogP contribution in [0.4, 0.5) is 0 Å². The predicted octanol–water partition coefficient (Wildman–Crippen LogP) is 2.33. The molecule has 176 valence electrons. The van der Waals surface area contributed by atoms with Crippen molar-refractivity contribution in [2.24, 2.45) is 10.9 Å². The Bertz CT molecular complexity index is 697. The van der Waals surface area contributed by atoms with E-state index in [0.29, 0.717) is 25.1 Å². The molecule has 2 fully saturated rings. The largest absolute Gasteiger partial charge is 0.493 e. The van der Waals surface area contributed by atoms with Crippen molar-refractivity contribution in [3.8, 4) is 5.75 Å². The zero-order chi connectivity index (χ0) is 21.3. The molecule has 2 N–H and O–H groups in total. The zero-order valence-corrected chi connectivity index (χ0v) is 21.9. The molecule has 2 unspecified atom stereocenters. The first-order chi connectivity index (χ1) is 14.5. The average Bonchev–Trinajstić information content (AvgIpc) is 3.25. The molecule has 0 bridgehead atoms. The number of piperazine rings is 1. The summed E-state index contributed by atoms with van der Waals surface area (Å²) < 4.78 is 11.6. The van der Waals surface area contributed by atoms with Gasteiger partial charge in [0, 0.05) is 56.9 Å². The number of guanidine groups is 1. The van der Waals surface area contributed by atoms with Gasteiger partial charge in [0.15, 0.2) is 5.96 Å². The summed E-state index contributed by atoms with van der Waals surface area (Å²) in [6.45, 7) is 12.2.